The van der Waals surface area contributed by atoms with E-state index in [4.69, 9.17) is 2.74 Å². The van der Waals surface area contributed by atoms with Gasteiger partial charge >= 0.3 is 6.18 Å². The van der Waals surface area contributed by atoms with Crippen LogP contribution in [-0.4, -0.2) is 6.18 Å². The van der Waals surface area contributed by atoms with E-state index in [0.29, 0.717) is 6.42 Å². The first-order valence-corrected chi connectivity index (χ1v) is 1.77. The van der Waals surface area contributed by atoms with Crippen molar-refractivity contribution >= 4 is 0 Å². The SMILES string of the molecule is [2H]C1([2H])[CH]C1C(F)(F)F. The third kappa shape index (κ3) is 1.08. The number of halogens is 3. The number of hydrogen-bond donors (Lipinski definition) is 0. The quantitative estimate of drug-likeness (QED) is 0.447. The monoisotopic (exact) mass is 111 g/mol. The summed E-state index contributed by atoms with van der Waals surface area (Å²) < 4.78 is 47.5. The van der Waals surface area contributed by atoms with Gasteiger partial charge in [0.2, 0.25) is 0 Å². The van der Waals surface area contributed by atoms with Crippen molar-refractivity contribution in [1.29, 1.82) is 0 Å². The first-order chi connectivity index (χ1) is 3.84. The molecule has 7 heavy (non-hydrogen) atoms. The molecule has 0 N–H and O–H groups in total. The molecule has 1 aliphatic carbocycles. The van der Waals surface area contributed by atoms with Crippen molar-refractivity contribution in [3.05, 3.63) is 6.42 Å². The predicted octanol–water partition coefficient (Wildman–Crippen LogP) is 1.77. The van der Waals surface area contributed by atoms with Crippen molar-refractivity contribution in [2.45, 2.75) is 12.5 Å². The summed E-state index contributed by atoms with van der Waals surface area (Å²) in [5, 5.41) is 0. The van der Waals surface area contributed by atoms with E-state index < -0.39 is 18.5 Å². The van der Waals surface area contributed by atoms with Crippen molar-refractivity contribution in [3.63, 3.8) is 0 Å². The first kappa shape index (κ1) is 2.95. The molecule has 0 aromatic rings. The summed E-state index contributed by atoms with van der Waals surface area (Å²) in [6.45, 7) is 0. The first-order valence-electron chi connectivity index (χ1n) is 2.77. The Morgan fingerprint density at radius 3 is 2.14 bits per heavy atom. The van der Waals surface area contributed by atoms with Crippen LogP contribution in [0.5, 0.6) is 0 Å². The van der Waals surface area contributed by atoms with Crippen LogP contribution in [0, 0.1) is 12.3 Å². The second-order valence-corrected chi connectivity index (χ2v) is 1.35. The Labute approximate surface area is 42.1 Å². The molecule has 0 aromatic heterocycles. The average molecular weight is 111 g/mol. The van der Waals surface area contributed by atoms with Gasteiger partial charge in [0.05, 0.1) is 5.92 Å². The van der Waals surface area contributed by atoms with Crippen LogP contribution >= 0.6 is 0 Å². The van der Waals surface area contributed by atoms with Crippen molar-refractivity contribution < 1.29 is 15.9 Å². The van der Waals surface area contributed by atoms with E-state index >= 15 is 0 Å². The fraction of sp³-hybridized carbons (Fsp3) is 0.750. The largest absolute Gasteiger partial charge is 0.392 e. The molecular weight excluding hydrogens is 105 g/mol. The minimum Gasteiger partial charge on any atom is -0.171 e. The summed E-state index contributed by atoms with van der Waals surface area (Å²) in [7, 11) is 0. The standard InChI is InChI=1S/C4H4F3/c5-4(6,7)3-1-2-3/h1,3H,2H2/i2D2. The van der Waals surface area contributed by atoms with Crippen molar-refractivity contribution in [3.8, 4) is 0 Å². The third-order valence-electron chi connectivity index (χ3n) is 0.686. The van der Waals surface area contributed by atoms with Crippen molar-refractivity contribution in [1.82, 2.24) is 0 Å². The topological polar surface area (TPSA) is 0 Å². The fourth-order valence-electron chi connectivity index (χ4n) is 0.237. The Morgan fingerprint density at radius 1 is 1.71 bits per heavy atom. The lowest BCUT2D eigenvalue weighted by molar-refractivity contribution is -0.144. The molecule has 41 valence electrons. The van der Waals surface area contributed by atoms with Crippen LogP contribution in [0.4, 0.5) is 13.2 Å². The normalized spacial score (nSPS) is 41.9. The van der Waals surface area contributed by atoms with E-state index in [1.54, 1.807) is 0 Å². The second kappa shape index (κ2) is 1.14. The van der Waals surface area contributed by atoms with Gasteiger partial charge in [-0.25, -0.2) is 0 Å². The summed E-state index contributed by atoms with van der Waals surface area (Å²) in [4.78, 5) is 0. The van der Waals surface area contributed by atoms with Gasteiger partial charge in [0.15, 0.2) is 0 Å². The Morgan fingerprint density at radius 2 is 2.14 bits per heavy atom. The van der Waals surface area contributed by atoms with Crippen molar-refractivity contribution in [2.75, 3.05) is 0 Å². The van der Waals surface area contributed by atoms with E-state index in [-0.39, 0.29) is 0 Å². The lowest BCUT2D eigenvalue weighted by atomic mass is 10.4. The van der Waals surface area contributed by atoms with E-state index in [1.165, 1.54) is 0 Å². The highest BCUT2D eigenvalue weighted by molar-refractivity contribution is 4.99. The fourth-order valence-corrected chi connectivity index (χ4v) is 0.237. The Hall–Kier alpha value is -0.210. The highest BCUT2D eigenvalue weighted by Gasteiger charge is 2.47. The molecule has 3 heteroatoms. The van der Waals surface area contributed by atoms with E-state index in [0.717, 1.165) is 0 Å². The molecule has 0 aromatic carbocycles. The molecule has 0 aliphatic heterocycles. The maximum absolute atomic E-state index is 11.5. The Kier molecular flexibility index (Phi) is 0.480. The molecule has 1 saturated carbocycles. The second-order valence-electron chi connectivity index (χ2n) is 1.35. The summed E-state index contributed by atoms with van der Waals surface area (Å²) in [6, 6.07) is 0. The number of alkyl halides is 3. The maximum atomic E-state index is 11.5. The van der Waals surface area contributed by atoms with Gasteiger partial charge in [0.1, 0.15) is 0 Å². The van der Waals surface area contributed by atoms with Crippen LogP contribution in [-0.2, 0) is 0 Å². The highest BCUT2D eigenvalue weighted by Crippen LogP contribution is 2.42. The van der Waals surface area contributed by atoms with Gasteiger partial charge in [-0.2, -0.15) is 13.2 Å². The molecule has 1 radical (unpaired) electrons. The molecule has 0 amide bonds. The predicted molar refractivity (Wildman–Crippen MR) is 18.5 cm³/mol. The number of hydrogen-bond acceptors (Lipinski definition) is 0. The molecule has 1 rings (SSSR count). The third-order valence-corrected chi connectivity index (χ3v) is 0.686. The van der Waals surface area contributed by atoms with Crippen LogP contribution < -0.4 is 0 Å². The van der Waals surface area contributed by atoms with Crippen LogP contribution in [0.15, 0.2) is 0 Å². The van der Waals surface area contributed by atoms with Gasteiger partial charge in [-0.05, 0) is 12.8 Å². The maximum Gasteiger partial charge on any atom is 0.392 e. The summed E-state index contributed by atoms with van der Waals surface area (Å²) in [5.41, 5.74) is 0. The Balaban J connectivity index is 2.52. The zero-order valence-electron chi connectivity index (χ0n) is 5.29. The van der Waals surface area contributed by atoms with Gasteiger partial charge in [-0.3, -0.25) is 0 Å². The lowest BCUT2D eigenvalue weighted by Crippen LogP contribution is -2.09. The molecule has 0 bridgehead atoms. The zero-order chi connectivity index (χ0) is 7.28. The molecule has 0 saturated heterocycles. The lowest BCUT2D eigenvalue weighted by Gasteiger charge is -1.99. The van der Waals surface area contributed by atoms with E-state index in [1.807, 2.05) is 0 Å². The van der Waals surface area contributed by atoms with Crippen LogP contribution in [0.25, 0.3) is 0 Å². The summed E-state index contributed by atoms with van der Waals surface area (Å²) in [5.74, 6) is -1.83. The van der Waals surface area contributed by atoms with E-state index in [2.05, 4.69) is 0 Å². The highest BCUT2D eigenvalue weighted by atomic mass is 19.4. The zero-order valence-corrected chi connectivity index (χ0v) is 3.29. The van der Waals surface area contributed by atoms with Crippen LogP contribution in [0.1, 0.15) is 9.11 Å². The van der Waals surface area contributed by atoms with Gasteiger partial charge < -0.3 is 0 Å². The molecule has 0 nitrogen and oxygen atoms in total. The minimum atomic E-state index is -4.39. The molecule has 0 spiro atoms. The molecular formula is C4H4F3. The molecule has 0 heterocycles. The molecule has 1 unspecified atom stereocenters. The smallest absolute Gasteiger partial charge is 0.171 e. The van der Waals surface area contributed by atoms with Gasteiger partial charge in [-0.1, -0.05) is 0 Å². The average Bonchev–Trinajstić information content (AvgIpc) is 2.10. The minimum absolute atomic E-state index is 0.646. The molecule has 1 aliphatic rings. The van der Waals surface area contributed by atoms with Gasteiger partial charge in [0.25, 0.3) is 0 Å². The summed E-state index contributed by atoms with van der Waals surface area (Å²) >= 11 is 0. The van der Waals surface area contributed by atoms with Crippen LogP contribution in [0.3, 0.4) is 0 Å². The van der Waals surface area contributed by atoms with Gasteiger partial charge in [-0.15, -0.1) is 0 Å². The van der Waals surface area contributed by atoms with E-state index in [9.17, 15) is 13.2 Å². The van der Waals surface area contributed by atoms with Crippen LogP contribution in [0.2, 0.25) is 0 Å². The van der Waals surface area contributed by atoms with Crippen molar-refractivity contribution in [2.24, 2.45) is 5.92 Å². The number of rotatable bonds is 0. The molecule has 1 fully saturated rings. The summed E-state index contributed by atoms with van der Waals surface area (Å²) in [6.07, 6.45) is -5.84. The molecule has 1 atom stereocenters. The van der Waals surface area contributed by atoms with Gasteiger partial charge in [0, 0.05) is 2.74 Å². The Bertz CT molecular complexity index is 128.